The van der Waals surface area contributed by atoms with Gasteiger partial charge in [0.2, 0.25) is 0 Å². The Balaban J connectivity index is 2.00. The van der Waals surface area contributed by atoms with Crippen molar-refractivity contribution in [2.45, 2.75) is 71.9 Å². The number of hydrogen-bond acceptors (Lipinski definition) is 3. The van der Waals surface area contributed by atoms with Gasteiger partial charge in [0, 0.05) is 17.8 Å². The maximum atomic E-state index is 5.93. The lowest BCUT2D eigenvalue weighted by Gasteiger charge is -2.32. The van der Waals surface area contributed by atoms with Crippen molar-refractivity contribution in [1.82, 2.24) is 0 Å². The van der Waals surface area contributed by atoms with Crippen LogP contribution in [0.5, 0.6) is 5.75 Å². The Bertz CT molecular complexity index is 537. The van der Waals surface area contributed by atoms with Crippen molar-refractivity contribution >= 4 is 11.4 Å². The average Bonchev–Trinajstić information content (AvgIpc) is 2.35. The fourth-order valence-corrected chi connectivity index (χ4v) is 2.82. The molecule has 0 aliphatic heterocycles. The van der Waals surface area contributed by atoms with Gasteiger partial charge < -0.3 is 10.5 Å². The smallest absolute Gasteiger partial charge is 0.122 e. The molecular weight excluding hydrogens is 272 g/mol. The molecule has 0 amide bonds. The lowest BCUT2D eigenvalue weighted by molar-refractivity contribution is 0.131. The summed E-state index contributed by atoms with van der Waals surface area (Å²) in [5.41, 5.74) is 9.05. The minimum absolute atomic E-state index is 0.186. The number of rotatable bonds is 5. The van der Waals surface area contributed by atoms with Crippen molar-refractivity contribution in [3.63, 3.8) is 0 Å². The van der Waals surface area contributed by atoms with Crippen LogP contribution in [-0.2, 0) is 0 Å². The zero-order valence-corrected chi connectivity index (χ0v) is 14.6. The van der Waals surface area contributed by atoms with E-state index in [1.165, 1.54) is 30.5 Å². The van der Waals surface area contributed by atoms with Gasteiger partial charge in [-0.3, -0.25) is 4.99 Å². The van der Waals surface area contributed by atoms with Crippen molar-refractivity contribution in [3.8, 4) is 5.75 Å². The van der Waals surface area contributed by atoms with E-state index in [2.05, 4.69) is 40.7 Å². The third-order valence-corrected chi connectivity index (χ3v) is 4.10. The Kier molecular flexibility index (Phi) is 5.28. The molecule has 0 heterocycles. The summed E-state index contributed by atoms with van der Waals surface area (Å²) in [6, 6.07) is 6.59. The number of aliphatic imine (C=N–C) groups is 1. The summed E-state index contributed by atoms with van der Waals surface area (Å²) in [6.45, 7) is 10.4. The summed E-state index contributed by atoms with van der Waals surface area (Å²) in [7, 11) is 0. The quantitative estimate of drug-likeness (QED) is 0.795. The molecule has 2 N–H and O–H groups in total. The standard InChI is InChI=1S/C19H30N2O/c1-13-6-9-17(22-19(3,4)5)12-18(13)21-14(2)7-8-15-10-16(20)11-15/h6,9,12,15-16H,7-8,10-11,20H2,1-5H3. The molecule has 0 unspecified atom stereocenters. The second-order valence-corrected chi connectivity index (χ2v) is 7.65. The van der Waals surface area contributed by atoms with Crippen molar-refractivity contribution in [2.24, 2.45) is 16.6 Å². The van der Waals surface area contributed by atoms with E-state index in [9.17, 15) is 0 Å². The summed E-state index contributed by atoms with van der Waals surface area (Å²) in [4.78, 5) is 4.80. The maximum Gasteiger partial charge on any atom is 0.122 e. The molecule has 0 atom stereocenters. The average molecular weight is 302 g/mol. The summed E-state index contributed by atoms with van der Waals surface area (Å²) in [5.74, 6) is 1.69. The van der Waals surface area contributed by atoms with Crippen LogP contribution in [0.4, 0.5) is 5.69 Å². The molecule has 1 aromatic carbocycles. The first-order valence-electron chi connectivity index (χ1n) is 8.32. The van der Waals surface area contributed by atoms with Gasteiger partial charge in [0.25, 0.3) is 0 Å². The van der Waals surface area contributed by atoms with Crippen molar-refractivity contribution in [3.05, 3.63) is 23.8 Å². The number of nitrogens with zero attached hydrogens (tertiary/aromatic N) is 1. The Labute approximate surface area is 135 Å². The van der Waals surface area contributed by atoms with Gasteiger partial charge in [-0.05, 0) is 77.8 Å². The van der Waals surface area contributed by atoms with Gasteiger partial charge in [-0.1, -0.05) is 6.07 Å². The first-order chi connectivity index (χ1) is 10.2. The van der Waals surface area contributed by atoms with E-state index in [1.807, 2.05) is 12.1 Å². The summed E-state index contributed by atoms with van der Waals surface area (Å²) < 4.78 is 5.93. The normalized spacial score (nSPS) is 22.4. The van der Waals surface area contributed by atoms with E-state index in [0.717, 1.165) is 23.8 Å². The molecule has 3 heteroatoms. The zero-order valence-electron chi connectivity index (χ0n) is 14.6. The largest absolute Gasteiger partial charge is 0.488 e. The lowest BCUT2D eigenvalue weighted by atomic mass is 9.78. The minimum Gasteiger partial charge on any atom is -0.488 e. The topological polar surface area (TPSA) is 47.6 Å². The molecule has 0 bridgehead atoms. The fraction of sp³-hybridized carbons (Fsp3) is 0.632. The molecule has 0 aromatic heterocycles. The highest BCUT2D eigenvalue weighted by atomic mass is 16.5. The third kappa shape index (κ3) is 5.13. The number of benzene rings is 1. The van der Waals surface area contributed by atoms with Crippen LogP contribution in [0.3, 0.4) is 0 Å². The van der Waals surface area contributed by atoms with Gasteiger partial charge in [-0.25, -0.2) is 0 Å². The van der Waals surface area contributed by atoms with Crippen LogP contribution in [0.15, 0.2) is 23.2 Å². The maximum absolute atomic E-state index is 5.93. The number of aryl methyl sites for hydroxylation is 1. The van der Waals surface area contributed by atoms with Crippen molar-refractivity contribution in [1.29, 1.82) is 0 Å². The molecule has 1 saturated carbocycles. The van der Waals surface area contributed by atoms with Crippen LogP contribution >= 0.6 is 0 Å². The Hall–Kier alpha value is -1.35. The highest BCUT2D eigenvalue weighted by molar-refractivity contribution is 5.85. The van der Waals surface area contributed by atoms with Crippen LogP contribution in [0.2, 0.25) is 0 Å². The Morgan fingerprint density at radius 3 is 2.59 bits per heavy atom. The molecule has 1 aromatic rings. The Morgan fingerprint density at radius 2 is 2.00 bits per heavy atom. The third-order valence-electron chi connectivity index (χ3n) is 4.10. The molecule has 22 heavy (non-hydrogen) atoms. The number of nitrogens with two attached hydrogens (primary N) is 1. The zero-order chi connectivity index (χ0) is 16.3. The van der Waals surface area contributed by atoms with Gasteiger partial charge in [0.05, 0.1) is 5.69 Å². The van der Waals surface area contributed by atoms with Crippen LogP contribution < -0.4 is 10.5 Å². The van der Waals surface area contributed by atoms with E-state index in [-0.39, 0.29) is 5.60 Å². The van der Waals surface area contributed by atoms with E-state index in [1.54, 1.807) is 0 Å². The van der Waals surface area contributed by atoms with E-state index < -0.39 is 0 Å². The second kappa shape index (κ2) is 6.82. The lowest BCUT2D eigenvalue weighted by Crippen LogP contribution is -2.36. The minimum atomic E-state index is -0.186. The molecule has 2 rings (SSSR count). The van der Waals surface area contributed by atoms with Gasteiger partial charge >= 0.3 is 0 Å². The predicted octanol–water partition coefficient (Wildman–Crippen LogP) is 4.78. The summed E-state index contributed by atoms with van der Waals surface area (Å²) in [5, 5.41) is 0. The molecular formula is C19H30N2O. The highest BCUT2D eigenvalue weighted by Crippen LogP contribution is 2.31. The molecule has 0 spiro atoms. The Morgan fingerprint density at radius 1 is 1.32 bits per heavy atom. The molecule has 3 nitrogen and oxygen atoms in total. The SMILES string of the molecule is CC(CCC1CC(N)C1)=Nc1cc(OC(C)(C)C)ccc1C. The fourth-order valence-electron chi connectivity index (χ4n) is 2.82. The van der Waals surface area contributed by atoms with Crippen molar-refractivity contribution < 1.29 is 4.74 Å². The van der Waals surface area contributed by atoms with E-state index >= 15 is 0 Å². The molecule has 1 aliphatic carbocycles. The molecule has 122 valence electrons. The van der Waals surface area contributed by atoms with Crippen LogP contribution in [-0.4, -0.2) is 17.4 Å². The molecule has 1 fully saturated rings. The monoisotopic (exact) mass is 302 g/mol. The number of hydrogen-bond donors (Lipinski definition) is 1. The van der Waals surface area contributed by atoms with Crippen LogP contribution in [0.25, 0.3) is 0 Å². The van der Waals surface area contributed by atoms with E-state index in [0.29, 0.717) is 6.04 Å². The van der Waals surface area contributed by atoms with Gasteiger partial charge in [-0.15, -0.1) is 0 Å². The van der Waals surface area contributed by atoms with Gasteiger partial charge in [0.15, 0.2) is 0 Å². The molecule has 1 aliphatic rings. The molecule has 0 radical (unpaired) electrons. The van der Waals surface area contributed by atoms with E-state index in [4.69, 9.17) is 15.5 Å². The van der Waals surface area contributed by atoms with Crippen molar-refractivity contribution in [2.75, 3.05) is 0 Å². The first-order valence-corrected chi connectivity index (χ1v) is 8.32. The molecule has 0 saturated heterocycles. The first kappa shape index (κ1) is 17.0. The van der Waals surface area contributed by atoms with Crippen LogP contribution in [0.1, 0.15) is 58.9 Å². The van der Waals surface area contributed by atoms with Crippen LogP contribution in [0, 0.1) is 12.8 Å². The highest BCUT2D eigenvalue weighted by Gasteiger charge is 2.25. The van der Waals surface area contributed by atoms with Gasteiger partial charge in [0.1, 0.15) is 11.4 Å². The summed E-state index contributed by atoms with van der Waals surface area (Å²) in [6.07, 6.45) is 4.63. The van der Waals surface area contributed by atoms with Gasteiger partial charge in [-0.2, -0.15) is 0 Å². The number of ether oxygens (including phenoxy) is 1. The predicted molar refractivity (Wildman–Crippen MR) is 94.3 cm³/mol. The summed E-state index contributed by atoms with van der Waals surface area (Å²) >= 11 is 0. The second-order valence-electron chi connectivity index (χ2n) is 7.65.